The van der Waals surface area contributed by atoms with Gasteiger partial charge in [0.15, 0.2) is 5.13 Å². The van der Waals surface area contributed by atoms with Gasteiger partial charge < -0.3 is 0 Å². The van der Waals surface area contributed by atoms with Gasteiger partial charge in [0.25, 0.3) is 5.91 Å². The smallest absolute Gasteiger partial charge is 0.257 e. The molecular formula is C20H19N3O3S2. The summed E-state index contributed by atoms with van der Waals surface area (Å²) in [4.78, 5) is 17.0. The molecule has 2 heterocycles. The first-order chi connectivity index (χ1) is 13.3. The molecule has 0 unspecified atom stereocenters. The average molecular weight is 414 g/mol. The fourth-order valence-corrected chi connectivity index (χ4v) is 5.00. The highest BCUT2D eigenvalue weighted by atomic mass is 32.2. The quantitative estimate of drug-likeness (QED) is 0.707. The van der Waals surface area contributed by atoms with E-state index in [2.05, 4.69) is 10.3 Å². The predicted octanol–water partition coefficient (Wildman–Crippen LogP) is 3.69. The number of rotatable bonds is 4. The number of nitrogens with zero attached hydrogens (tertiary/aromatic N) is 2. The largest absolute Gasteiger partial charge is 0.298 e. The van der Waals surface area contributed by atoms with Crippen LogP contribution >= 0.6 is 11.3 Å². The lowest BCUT2D eigenvalue weighted by Crippen LogP contribution is -2.27. The van der Waals surface area contributed by atoms with Crippen molar-refractivity contribution in [3.8, 4) is 11.3 Å². The number of aryl methyl sites for hydroxylation is 1. The van der Waals surface area contributed by atoms with Gasteiger partial charge in [0.1, 0.15) is 0 Å². The first-order valence-corrected chi connectivity index (χ1v) is 11.5. The minimum Gasteiger partial charge on any atom is -0.298 e. The van der Waals surface area contributed by atoms with Crippen molar-refractivity contribution in [3.05, 3.63) is 64.5 Å². The Kier molecular flexibility index (Phi) is 4.68. The van der Waals surface area contributed by atoms with E-state index in [9.17, 15) is 13.2 Å². The number of carbonyl (C=O) groups excluding carboxylic acids is 1. The number of thiazole rings is 1. The first-order valence-electron chi connectivity index (χ1n) is 8.76. The predicted molar refractivity (Wildman–Crippen MR) is 113 cm³/mol. The van der Waals surface area contributed by atoms with E-state index in [4.69, 9.17) is 0 Å². The lowest BCUT2D eigenvalue weighted by Gasteiger charge is -2.16. The van der Waals surface area contributed by atoms with Crippen LogP contribution in [0.5, 0.6) is 0 Å². The summed E-state index contributed by atoms with van der Waals surface area (Å²) in [7, 11) is -3.26. The number of hydrogen-bond acceptors (Lipinski definition) is 5. The molecule has 0 spiro atoms. The molecule has 1 N–H and O–H groups in total. The maximum absolute atomic E-state index is 12.5. The summed E-state index contributed by atoms with van der Waals surface area (Å²) in [5.41, 5.74) is 4.91. The van der Waals surface area contributed by atoms with Gasteiger partial charge in [-0.2, -0.15) is 0 Å². The molecule has 4 rings (SSSR count). The molecule has 0 bridgehead atoms. The maximum Gasteiger partial charge on any atom is 0.257 e. The van der Waals surface area contributed by atoms with Gasteiger partial charge in [0.05, 0.1) is 17.6 Å². The molecule has 0 atom stereocenters. The summed E-state index contributed by atoms with van der Waals surface area (Å²) in [6, 6.07) is 13.1. The monoisotopic (exact) mass is 413 g/mol. The van der Waals surface area contributed by atoms with Crippen molar-refractivity contribution in [2.45, 2.75) is 13.3 Å². The molecule has 1 aliphatic heterocycles. The number of benzene rings is 2. The second kappa shape index (κ2) is 7.03. The molecule has 0 radical (unpaired) electrons. The normalized spacial score (nSPS) is 13.4. The van der Waals surface area contributed by atoms with Gasteiger partial charge >= 0.3 is 0 Å². The van der Waals surface area contributed by atoms with E-state index in [1.54, 1.807) is 6.07 Å². The molecule has 1 amide bonds. The maximum atomic E-state index is 12.5. The molecule has 2 aromatic carbocycles. The zero-order valence-electron chi connectivity index (χ0n) is 15.5. The third-order valence-electron chi connectivity index (χ3n) is 4.74. The summed E-state index contributed by atoms with van der Waals surface area (Å²) in [6.07, 6.45) is 1.90. The molecule has 1 aliphatic rings. The molecule has 3 aromatic rings. The van der Waals surface area contributed by atoms with Crippen LogP contribution in [-0.4, -0.2) is 32.1 Å². The summed E-state index contributed by atoms with van der Waals surface area (Å²) < 4.78 is 25.2. The van der Waals surface area contributed by atoms with Gasteiger partial charge in [-0.15, -0.1) is 11.3 Å². The number of amides is 1. The third-order valence-corrected chi connectivity index (χ3v) is 6.68. The molecular weight excluding hydrogens is 394 g/mol. The van der Waals surface area contributed by atoms with Crippen molar-refractivity contribution in [1.29, 1.82) is 0 Å². The van der Waals surface area contributed by atoms with Gasteiger partial charge in [-0.3, -0.25) is 14.4 Å². The van der Waals surface area contributed by atoms with Crippen LogP contribution in [0.2, 0.25) is 0 Å². The van der Waals surface area contributed by atoms with Crippen LogP contribution < -0.4 is 9.62 Å². The summed E-state index contributed by atoms with van der Waals surface area (Å²) in [5.74, 6) is -0.184. The lowest BCUT2D eigenvalue weighted by molar-refractivity contribution is 0.102. The molecule has 6 nitrogen and oxygen atoms in total. The van der Waals surface area contributed by atoms with E-state index in [0.29, 0.717) is 23.7 Å². The molecule has 144 valence electrons. The highest BCUT2D eigenvalue weighted by Crippen LogP contribution is 2.34. The summed E-state index contributed by atoms with van der Waals surface area (Å²) >= 11 is 1.36. The Morgan fingerprint density at radius 3 is 2.75 bits per heavy atom. The van der Waals surface area contributed by atoms with Crippen molar-refractivity contribution < 1.29 is 13.2 Å². The van der Waals surface area contributed by atoms with Crippen LogP contribution in [0.3, 0.4) is 0 Å². The standard InChI is InChI=1S/C20H19N3O3S2/c1-13-5-3-4-6-16(13)19(24)22-20-21-17(12-27-20)14-7-8-18-15(11-14)9-10-23(18)28(2,25)26/h3-8,11-12H,9-10H2,1-2H3,(H,21,22,24). The average Bonchev–Trinajstić information content (AvgIpc) is 3.27. The number of aromatic nitrogens is 1. The number of fused-ring (bicyclic) bond motifs is 1. The molecule has 8 heteroatoms. The van der Waals surface area contributed by atoms with E-state index in [1.807, 2.05) is 48.7 Å². The third kappa shape index (κ3) is 3.53. The lowest BCUT2D eigenvalue weighted by atomic mass is 10.1. The van der Waals surface area contributed by atoms with Gasteiger partial charge in [-0.1, -0.05) is 24.3 Å². The topological polar surface area (TPSA) is 79.4 Å². The van der Waals surface area contributed by atoms with Crippen molar-refractivity contribution in [2.24, 2.45) is 0 Å². The molecule has 0 fully saturated rings. The fraction of sp³-hybridized carbons (Fsp3) is 0.200. The van der Waals surface area contributed by atoms with E-state index < -0.39 is 10.0 Å². The number of sulfonamides is 1. The highest BCUT2D eigenvalue weighted by molar-refractivity contribution is 7.92. The van der Waals surface area contributed by atoms with Crippen LogP contribution in [0.15, 0.2) is 47.8 Å². The second-order valence-electron chi connectivity index (χ2n) is 6.74. The van der Waals surface area contributed by atoms with Crippen LogP contribution in [0.25, 0.3) is 11.3 Å². The van der Waals surface area contributed by atoms with E-state index >= 15 is 0 Å². The fourth-order valence-electron chi connectivity index (χ4n) is 3.33. The van der Waals surface area contributed by atoms with E-state index in [0.717, 1.165) is 28.1 Å². The first kappa shape index (κ1) is 18.6. The number of carbonyl (C=O) groups is 1. The summed E-state index contributed by atoms with van der Waals surface area (Å²) in [6.45, 7) is 2.36. The van der Waals surface area contributed by atoms with Crippen LogP contribution in [0, 0.1) is 6.92 Å². The van der Waals surface area contributed by atoms with Crippen LogP contribution in [-0.2, 0) is 16.4 Å². The Morgan fingerprint density at radius 2 is 2.00 bits per heavy atom. The minimum atomic E-state index is -3.26. The number of nitrogens with one attached hydrogen (secondary N) is 1. The SMILES string of the molecule is Cc1ccccc1C(=O)Nc1nc(-c2ccc3c(c2)CCN3S(C)(=O)=O)cs1. The molecule has 0 aliphatic carbocycles. The molecule has 0 saturated heterocycles. The minimum absolute atomic E-state index is 0.184. The molecule has 1 aromatic heterocycles. The Bertz CT molecular complexity index is 1170. The Balaban J connectivity index is 1.56. The Hall–Kier alpha value is -2.71. The van der Waals surface area contributed by atoms with Gasteiger partial charge in [-0.05, 0) is 42.7 Å². The zero-order valence-corrected chi connectivity index (χ0v) is 17.1. The van der Waals surface area contributed by atoms with Gasteiger partial charge in [0.2, 0.25) is 10.0 Å². The second-order valence-corrected chi connectivity index (χ2v) is 9.50. The van der Waals surface area contributed by atoms with Crippen molar-refractivity contribution >= 4 is 38.1 Å². The highest BCUT2D eigenvalue weighted by Gasteiger charge is 2.26. The van der Waals surface area contributed by atoms with Crippen molar-refractivity contribution in [1.82, 2.24) is 4.98 Å². The number of anilines is 2. The Labute approximate surface area is 167 Å². The number of hydrogen-bond donors (Lipinski definition) is 1. The summed E-state index contributed by atoms with van der Waals surface area (Å²) in [5, 5.41) is 5.27. The van der Waals surface area contributed by atoms with Gasteiger partial charge in [0, 0.05) is 23.1 Å². The molecule has 28 heavy (non-hydrogen) atoms. The van der Waals surface area contributed by atoms with Gasteiger partial charge in [-0.25, -0.2) is 13.4 Å². The van der Waals surface area contributed by atoms with E-state index in [-0.39, 0.29) is 5.91 Å². The van der Waals surface area contributed by atoms with Crippen molar-refractivity contribution in [3.63, 3.8) is 0 Å². The Morgan fingerprint density at radius 1 is 1.21 bits per heavy atom. The zero-order chi connectivity index (χ0) is 19.9. The molecule has 0 saturated carbocycles. The van der Waals surface area contributed by atoms with Crippen LogP contribution in [0.4, 0.5) is 10.8 Å². The van der Waals surface area contributed by atoms with Crippen LogP contribution in [0.1, 0.15) is 21.5 Å². The van der Waals surface area contributed by atoms with E-state index in [1.165, 1.54) is 21.9 Å². The van der Waals surface area contributed by atoms with Crippen molar-refractivity contribution in [2.75, 3.05) is 22.4 Å².